The molecule has 21 heavy (non-hydrogen) atoms. The van der Waals surface area contributed by atoms with Crippen LogP contribution in [0.25, 0.3) is 10.6 Å². The van der Waals surface area contributed by atoms with Crippen molar-refractivity contribution in [3.8, 4) is 16.3 Å². The number of aliphatic hydroxyl groups excluding tert-OH is 2. The molecule has 114 valence electrons. The van der Waals surface area contributed by atoms with E-state index in [2.05, 4.69) is 4.98 Å². The first-order valence-electron chi connectivity index (χ1n) is 6.79. The van der Waals surface area contributed by atoms with Gasteiger partial charge in [0.25, 0.3) is 0 Å². The molecule has 0 unspecified atom stereocenters. The first-order valence-corrected chi connectivity index (χ1v) is 7.67. The minimum atomic E-state index is 0.0788. The number of ether oxygens (including phenoxy) is 1. The van der Waals surface area contributed by atoms with Gasteiger partial charge in [0.2, 0.25) is 0 Å². The van der Waals surface area contributed by atoms with Gasteiger partial charge in [-0.2, -0.15) is 0 Å². The minimum Gasteiger partial charge on any atom is -0.497 e. The molecule has 1 aromatic heterocycles. The molecule has 0 bridgehead atoms. The van der Waals surface area contributed by atoms with Crippen LogP contribution in [0.4, 0.5) is 0 Å². The first-order chi connectivity index (χ1) is 10.3. The Hall–Kier alpha value is -1.47. The number of hydrogen-bond acceptors (Lipinski definition) is 6. The van der Waals surface area contributed by atoms with Crippen molar-refractivity contribution in [3.63, 3.8) is 0 Å². The molecule has 1 aromatic carbocycles. The smallest absolute Gasteiger partial charge is 0.123 e. The lowest BCUT2D eigenvalue weighted by Gasteiger charge is -2.18. The Morgan fingerprint density at radius 1 is 1.14 bits per heavy atom. The zero-order valence-corrected chi connectivity index (χ0v) is 12.8. The highest BCUT2D eigenvalue weighted by Gasteiger charge is 2.09. The predicted octanol–water partition coefficient (Wildman–Crippen LogP) is 1.61. The molecule has 0 fully saturated rings. The highest BCUT2D eigenvalue weighted by Crippen LogP contribution is 2.26. The molecule has 0 saturated heterocycles. The van der Waals surface area contributed by atoms with E-state index in [0.29, 0.717) is 19.6 Å². The molecule has 0 spiro atoms. The van der Waals surface area contributed by atoms with E-state index in [9.17, 15) is 0 Å². The van der Waals surface area contributed by atoms with E-state index >= 15 is 0 Å². The molecule has 2 rings (SSSR count). The highest BCUT2D eigenvalue weighted by atomic mass is 32.1. The van der Waals surface area contributed by atoms with E-state index in [1.54, 1.807) is 18.4 Å². The standard InChI is InChI=1S/C15H20N2O3S/c1-20-14-4-2-12(3-5-14)15-16-13(11-21-15)10-17(6-8-18)7-9-19/h2-5,11,18-19H,6-10H2,1H3. The Kier molecular flexibility index (Phi) is 6.13. The average Bonchev–Trinajstić information content (AvgIpc) is 2.96. The van der Waals surface area contributed by atoms with Gasteiger partial charge in [-0.25, -0.2) is 4.98 Å². The minimum absolute atomic E-state index is 0.0788. The van der Waals surface area contributed by atoms with Gasteiger partial charge < -0.3 is 14.9 Å². The summed E-state index contributed by atoms with van der Waals surface area (Å²) in [6.07, 6.45) is 0. The summed E-state index contributed by atoms with van der Waals surface area (Å²) in [6.45, 7) is 1.87. The number of aliphatic hydroxyl groups is 2. The molecule has 0 amide bonds. The molecule has 2 aromatic rings. The molecular formula is C15H20N2O3S. The molecule has 6 heteroatoms. The third-order valence-corrected chi connectivity index (χ3v) is 4.05. The van der Waals surface area contributed by atoms with Crippen LogP contribution < -0.4 is 4.74 Å². The van der Waals surface area contributed by atoms with Gasteiger partial charge in [0.1, 0.15) is 10.8 Å². The summed E-state index contributed by atoms with van der Waals surface area (Å²) in [5.74, 6) is 0.826. The van der Waals surface area contributed by atoms with Crippen LogP contribution in [0.5, 0.6) is 5.75 Å². The Morgan fingerprint density at radius 3 is 2.38 bits per heavy atom. The molecule has 0 aliphatic rings. The van der Waals surface area contributed by atoms with Gasteiger partial charge in [0, 0.05) is 30.6 Å². The van der Waals surface area contributed by atoms with Gasteiger partial charge in [-0.05, 0) is 24.3 Å². The Balaban J connectivity index is 2.05. The second-order valence-electron chi connectivity index (χ2n) is 4.60. The zero-order chi connectivity index (χ0) is 15.1. The molecule has 0 radical (unpaired) electrons. The number of hydrogen-bond donors (Lipinski definition) is 2. The molecule has 0 aliphatic carbocycles. The lowest BCUT2D eigenvalue weighted by Crippen LogP contribution is -2.29. The van der Waals surface area contributed by atoms with Gasteiger partial charge in [-0.1, -0.05) is 0 Å². The number of nitrogens with zero attached hydrogens (tertiary/aromatic N) is 2. The van der Waals surface area contributed by atoms with Crippen molar-refractivity contribution in [2.75, 3.05) is 33.4 Å². The van der Waals surface area contributed by atoms with Crippen molar-refractivity contribution < 1.29 is 14.9 Å². The van der Waals surface area contributed by atoms with Crippen LogP contribution in [0.15, 0.2) is 29.6 Å². The molecule has 2 N–H and O–H groups in total. The van der Waals surface area contributed by atoms with Crippen molar-refractivity contribution in [1.82, 2.24) is 9.88 Å². The number of thiazole rings is 1. The van der Waals surface area contributed by atoms with E-state index in [1.807, 2.05) is 34.5 Å². The van der Waals surface area contributed by atoms with Gasteiger partial charge >= 0.3 is 0 Å². The summed E-state index contributed by atoms with van der Waals surface area (Å²) in [5, 5.41) is 21.0. The second kappa shape index (κ2) is 8.09. The normalized spacial score (nSPS) is 11.0. The number of methoxy groups -OCH3 is 1. The molecule has 0 atom stereocenters. The summed E-state index contributed by atoms with van der Waals surface area (Å²) in [6, 6.07) is 7.81. The van der Waals surface area contributed by atoms with E-state index in [4.69, 9.17) is 14.9 Å². The summed E-state index contributed by atoms with van der Waals surface area (Å²) >= 11 is 1.59. The van der Waals surface area contributed by atoms with Crippen LogP contribution >= 0.6 is 11.3 Å². The lowest BCUT2D eigenvalue weighted by molar-refractivity contribution is 0.155. The fourth-order valence-electron chi connectivity index (χ4n) is 2.03. The molecule has 0 saturated carbocycles. The summed E-state index contributed by atoms with van der Waals surface area (Å²) in [4.78, 5) is 6.59. The maximum Gasteiger partial charge on any atom is 0.123 e. The molecule has 0 aliphatic heterocycles. The number of benzene rings is 1. The van der Waals surface area contributed by atoms with Crippen molar-refractivity contribution in [2.45, 2.75) is 6.54 Å². The van der Waals surface area contributed by atoms with Crippen LogP contribution in [-0.2, 0) is 6.54 Å². The Bertz CT molecular complexity index is 536. The number of aromatic nitrogens is 1. The summed E-state index contributed by atoms with van der Waals surface area (Å²) in [5.41, 5.74) is 2.01. The topological polar surface area (TPSA) is 65.8 Å². The van der Waals surface area contributed by atoms with Gasteiger partial charge in [0.05, 0.1) is 26.0 Å². The van der Waals surface area contributed by atoms with Crippen molar-refractivity contribution >= 4 is 11.3 Å². The van der Waals surface area contributed by atoms with E-state index in [1.165, 1.54) is 0 Å². The third kappa shape index (κ3) is 4.50. The van der Waals surface area contributed by atoms with Crippen LogP contribution in [0.2, 0.25) is 0 Å². The van der Waals surface area contributed by atoms with Crippen molar-refractivity contribution in [2.24, 2.45) is 0 Å². The molecule has 1 heterocycles. The largest absolute Gasteiger partial charge is 0.497 e. The van der Waals surface area contributed by atoms with Crippen LogP contribution in [0, 0.1) is 0 Å². The fourth-order valence-corrected chi connectivity index (χ4v) is 2.84. The van der Waals surface area contributed by atoms with Gasteiger partial charge in [-0.3, -0.25) is 4.90 Å². The van der Waals surface area contributed by atoms with Crippen LogP contribution in [0.3, 0.4) is 0 Å². The van der Waals surface area contributed by atoms with E-state index in [-0.39, 0.29) is 13.2 Å². The second-order valence-corrected chi connectivity index (χ2v) is 5.45. The SMILES string of the molecule is COc1ccc(-c2nc(CN(CCO)CCO)cs2)cc1. The predicted molar refractivity (Wildman–Crippen MR) is 83.6 cm³/mol. The Morgan fingerprint density at radius 2 is 1.81 bits per heavy atom. The average molecular weight is 308 g/mol. The number of rotatable bonds is 8. The molecular weight excluding hydrogens is 288 g/mol. The first kappa shape index (κ1) is 15.9. The van der Waals surface area contributed by atoms with Crippen LogP contribution in [0.1, 0.15) is 5.69 Å². The van der Waals surface area contributed by atoms with Gasteiger partial charge in [-0.15, -0.1) is 11.3 Å². The van der Waals surface area contributed by atoms with Crippen molar-refractivity contribution in [3.05, 3.63) is 35.3 Å². The van der Waals surface area contributed by atoms with Crippen molar-refractivity contribution in [1.29, 1.82) is 0 Å². The lowest BCUT2D eigenvalue weighted by atomic mass is 10.2. The quantitative estimate of drug-likeness (QED) is 0.775. The van der Waals surface area contributed by atoms with E-state index < -0.39 is 0 Å². The van der Waals surface area contributed by atoms with E-state index in [0.717, 1.165) is 22.0 Å². The maximum atomic E-state index is 9.02. The highest BCUT2D eigenvalue weighted by molar-refractivity contribution is 7.13. The van der Waals surface area contributed by atoms with Crippen LogP contribution in [-0.4, -0.2) is 53.5 Å². The monoisotopic (exact) mass is 308 g/mol. The summed E-state index contributed by atoms with van der Waals surface area (Å²) in [7, 11) is 1.65. The zero-order valence-electron chi connectivity index (χ0n) is 12.0. The maximum absolute atomic E-state index is 9.02. The molecule has 5 nitrogen and oxygen atoms in total. The summed E-state index contributed by atoms with van der Waals surface area (Å²) < 4.78 is 5.15. The van der Waals surface area contributed by atoms with Gasteiger partial charge in [0.15, 0.2) is 0 Å². The fraction of sp³-hybridized carbons (Fsp3) is 0.400. The Labute approximate surface area is 128 Å². The third-order valence-electron chi connectivity index (χ3n) is 3.11.